The number of carbonyl (C=O) groups is 1. The minimum Gasteiger partial charge on any atom is -0.504 e. The van der Waals surface area contributed by atoms with Gasteiger partial charge in [-0.05, 0) is 41.8 Å². The van der Waals surface area contributed by atoms with Gasteiger partial charge in [-0.2, -0.15) is 0 Å². The van der Waals surface area contributed by atoms with Gasteiger partial charge in [-0.1, -0.05) is 37.6 Å². The number of phenols is 1. The van der Waals surface area contributed by atoms with E-state index in [2.05, 4.69) is 0 Å². The van der Waals surface area contributed by atoms with Crippen molar-refractivity contribution in [2.24, 2.45) is 5.92 Å². The first kappa shape index (κ1) is 17.6. The fourth-order valence-electron chi connectivity index (χ4n) is 3.01. The second-order valence-corrected chi connectivity index (χ2v) is 6.85. The fraction of sp³-hybridized carbons (Fsp3) is 0.350. The van der Waals surface area contributed by atoms with Gasteiger partial charge in [-0.25, -0.2) is 0 Å². The summed E-state index contributed by atoms with van der Waals surface area (Å²) in [6.07, 6.45) is 0.802. The number of hydrogen-bond acceptors (Lipinski definition) is 3. The van der Waals surface area contributed by atoms with E-state index in [-0.39, 0.29) is 17.6 Å². The Morgan fingerprint density at radius 3 is 2.84 bits per heavy atom. The minimum absolute atomic E-state index is 0.0220. The Labute approximate surface area is 153 Å². The number of phenolic OH excluding ortho intramolecular Hbond substituents is 1. The predicted molar refractivity (Wildman–Crippen MR) is 98.9 cm³/mol. The predicted octanol–water partition coefficient (Wildman–Crippen LogP) is 4.48. The van der Waals surface area contributed by atoms with Crippen LogP contribution in [0.5, 0.6) is 11.5 Å². The first-order valence-corrected chi connectivity index (χ1v) is 8.90. The number of ether oxygens (including phenoxy) is 1. The number of hydrogen-bond donors (Lipinski definition) is 1. The van der Waals surface area contributed by atoms with Gasteiger partial charge in [-0.15, -0.1) is 0 Å². The number of nitrogens with zero attached hydrogens (tertiary/aromatic N) is 1. The minimum atomic E-state index is -0.0220. The van der Waals surface area contributed by atoms with Crippen molar-refractivity contribution < 1.29 is 14.6 Å². The number of benzene rings is 2. The molecule has 2 aromatic carbocycles. The number of halogens is 1. The maximum Gasteiger partial charge on any atom is 0.225 e. The zero-order chi connectivity index (χ0) is 18.0. The van der Waals surface area contributed by atoms with E-state index in [0.29, 0.717) is 30.5 Å². The van der Waals surface area contributed by atoms with E-state index in [4.69, 9.17) is 16.3 Å². The smallest absolute Gasteiger partial charge is 0.225 e. The lowest BCUT2D eigenvalue weighted by Gasteiger charge is -2.23. The van der Waals surface area contributed by atoms with Crippen molar-refractivity contribution in [3.8, 4) is 22.6 Å². The maximum absolute atomic E-state index is 12.6. The van der Waals surface area contributed by atoms with Gasteiger partial charge in [0.15, 0.2) is 11.5 Å². The molecule has 1 heterocycles. The lowest BCUT2D eigenvalue weighted by molar-refractivity contribution is -0.135. The maximum atomic E-state index is 12.6. The van der Waals surface area contributed by atoms with Crippen LogP contribution in [-0.2, 0) is 11.3 Å². The van der Waals surface area contributed by atoms with Gasteiger partial charge in [0, 0.05) is 23.0 Å². The first-order valence-electron chi connectivity index (χ1n) is 8.53. The highest BCUT2D eigenvalue weighted by molar-refractivity contribution is 6.30. The first-order chi connectivity index (χ1) is 12.0. The third-order valence-electron chi connectivity index (χ3n) is 4.62. The van der Waals surface area contributed by atoms with Crippen molar-refractivity contribution in [3.05, 3.63) is 47.0 Å². The van der Waals surface area contributed by atoms with Gasteiger partial charge in [0.2, 0.25) is 5.91 Å². The van der Waals surface area contributed by atoms with E-state index in [1.165, 1.54) is 0 Å². The van der Waals surface area contributed by atoms with Crippen LogP contribution in [0, 0.1) is 5.92 Å². The van der Waals surface area contributed by atoms with Crippen LogP contribution in [0.3, 0.4) is 0 Å². The number of fused-ring (bicyclic) bond motifs is 1. The van der Waals surface area contributed by atoms with Crippen molar-refractivity contribution >= 4 is 17.5 Å². The molecule has 0 spiro atoms. The molecule has 1 atom stereocenters. The molecule has 0 bridgehead atoms. The van der Waals surface area contributed by atoms with Crippen LogP contribution in [0.25, 0.3) is 11.1 Å². The summed E-state index contributed by atoms with van der Waals surface area (Å²) in [4.78, 5) is 14.4. The summed E-state index contributed by atoms with van der Waals surface area (Å²) in [6, 6.07) is 11.1. The van der Waals surface area contributed by atoms with Gasteiger partial charge in [0.1, 0.15) is 6.61 Å². The monoisotopic (exact) mass is 359 g/mol. The molecule has 4 nitrogen and oxygen atoms in total. The summed E-state index contributed by atoms with van der Waals surface area (Å²) < 4.78 is 5.72. The average Bonchev–Trinajstić information content (AvgIpc) is 2.83. The molecule has 0 radical (unpaired) electrons. The molecular formula is C20H22ClNO3. The Morgan fingerprint density at radius 1 is 1.32 bits per heavy atom. The van der Waals surface area contributed by atoms with Crippen LogP contribution < -0.4 is 4.74 Å². The Morgan fingerprint density at radius 2 is 2.12 bits per heavy atom. The highest BCUT2D eigenvalue weighted by Gasteiger charge is 2.25. The molecule has 132 valence electrons. The van der Waals surface area contributed by atoms with E-state index < -0.39 is 0 Å². The molecule has 1 unspecified atom stereocenters. The summed E-state index contributed by atoms with van der Waals surface area (Å²) >= 11 is 6.08. The molecule has 0 saturated heterocycles. The van der Waals surface area contributed by atoms with Crippen molar-refractivity contribution in [2.45, 2.75) is 26.8 Å². The van der Waals surface area contributed by atoms with Crippen LogP contribution in [-0.4, -0.2) is 29.1 Å². The lowest BCUT2D eigenvalue weighted by Crippen LogP contribution is -2.36. The Kier molecular flexibility index (Phi) is 5.19. The molecule has 3 rings (SSSR count). The van der Waals surface area contributed by atoms with Crippen molar-refractivity contribution in [1.29, 1.82) is 0 Å². The number of aromatic hydroxyl groups is 1. The topological polar surface area (TPSA) is 49.8 Å². The van der Waals surface area contributed by atoms with E-state index in [0.717, 1.165) is 23.1 Å². The van der Waals surface area contributed by atoms with E-state index in [9.17, 15) is 9.90 Å². The summed E-state index contributed by atoms with van der Waals surface area (Å²) in [5.41, 5.74) is 2.57. The van der Waals surface area contributed by atoms with Gasteiger partial charge in [0.25, 0.3) is 0 Å². The second kappa shape index (κ2) is 7.36. The van der Waals surface area contributed by atoms with Gasteiger partial charge < -0.3 is 14.7 Å². The normalized spacial score (nSPS) is 15.1. The molecule has 2 aromatic rings. The van der Waals surface area contributed by atoms with Crippen molar-refractivity contribution in [1.82, 2.24) is 4.90 Å². The SMILES string of the molecule is CCC(C)C(=O)N1CCOc2c(O)cc(-c3cccc(Cl)c3)cc2C1. The van der Waals surface area contributed by atoms with E-state index in [1.54, 1.807) is 11.0 Å². The molecule has 0 fully saturated rings. The molecule has 1 aliphatic heterocycles. The van der Waals surface area contributed by atoms with Crippen molar-refractivity contribution in [2.75, 3.05) is 13.2 Å². The Balaban J connectivity index is 1.98. The highest BCUT2D eigenvalue weighted by atomic mass is 35.5. The quantitative estimate of drug-likeness (QED) is 0.879. The van der Waals surface area contributed by atoms with Crippen LogP contribution >= 0.6 is 11.6 Å². The molecule has 0 aliphatic carbocycles. The summed E-state index contributed by atoms with van der Waals surface area (Å²) in [5, 5.41) is 11.0. The standard InChI is InChI=1S/C20H22ClNO3/c1-3-13(2)20(24)22-7-8-25-19-16(12-22)9-15(11-18(19)23)14-5-4-6-17(21)10-14/h4-6,9-11,13,23H,3,7-8,12H2,1-2H3. The molecule has 5 heteroatoms. The lowest BCUT2D eigenvalue weighted by atomic mass is 10.0. The molecule has 25 heavy (non-hydrogen) atoms. The fourth-order valence-corrected chi connectivity index (χ4v) is 3.20. The van der Waals surface area contributed by atoms with Crippen LogP contribution in [0.15, 0.2) is 36.4 Å². The summed E-state index contributed by atoms with van der Waals surface area (Å²) in [5.74, 6) is 0.647. The van der Waals surface area contributed by atoms with Gasteiger partial charge in [0.05, 0.1) is 6.54 Å². The zero-order valence-electron chi connectivity index (χ0n) is 14.5. The Bertz CT molecular complexity index is 791. The second-order valence-electron chi connectivity index (χ2n) is 6.41. The average molecular weight is 360 g/mol. The third-order valence-corrected chi connectivity index (χ3v) is 4.85. The molecule has 1 N–H and O–H groups in total. The Hall–Kier alpha value is -2.20. The number of carbonyl (C=O) groups excluding carboxylic acids is 1. The summed E-state index contributed by atoms with van der Waals surface area (Å²) in [7, 11) is 0. The van der Waals surface area contributed by atoms with E-state index in [1.807, 2.05) is 44.2 Å². The summed E-state index contributed by atoms with van der Waals surface area (Å²) in [6.45, 7) is 5.27. The molecular weight excluding hydrogens is 338 g/mol. The molecule has 1 aliphatic rings. The number of amides is 1. The molecule has 0 aromatic heterocycles. The largest absolute Gasteiger partial charge is 0.504 e. The number of rotatable bonds is 3. The van der Waals surface area contributed by atoms with Crippen LogP contribution in [0.4, 0.5) is 0 Å². The van der Waals surface area contributed by atoms with Crippen LogP contribution in [0.1, 0.15) is 25.8 Å². The third kappa shape index (κ3) is 3.74. The highest BCUT2D eigenvalue weighted by Crippen LogP contribution is 2.38. The van der Waals surface area contributed by atoms with Gasteiger partial charge in [-0.3, -0.25) is 4.79 Å². The zero-order valence-corrected chi connectivity index (χ0v) is 15.2. The van der Waals surface area contributed by atoms with Gasteiger partial charge >= 0.3 is 0 Å². The molecule has 0 saturated carbocycles. The van der Waals surface area contributed by atoms with Crippen LogP contribution in [0.2, 0.25) is 5.02 Å². The molecule has 1 amide bonds. The van der Waals surface area contributed by atoms with E-state index >= 15 is 0 Å². The van der Waals surface area contributed by atoms with Crippen molar-refractivity contribution in [3.63, 3.8) is 0 Å².